The van der Waals surface area contributed by atoms with E-state index in [1.807, 2.05) is 36.5 Å². The highest BCUT2D eigenvalue weighted by Gasteiger charge is 2.46. The molecule has 12 nitrogen and oxygen atoms in total. The number of carbonyl (C=O) groups is 2. The maximum absolute atomic E-state index is 12.7. The zero-order valence-electron chi connectivity index (χ0n) is 31.4. The van der Waals surface area contributed by atoms with Crippen molar-refractivity contribution in [2.75, 3.05) is 19.0 Å². The van der Waals surface area contributed by atoms with E-state index in [2.05, 4.69) is 26.0 Å². The summed E-state index contributed by atoms with van der Waals surface area (Å²) in [6.07, 6.45) is 23.2. The number of carbonyl (C=O) groups excluding carboxylic acids is 2. The van der Waals surface area contributed by atoms with Gasteiger partial charge in [0.15, 0.2) is 12.4 Å². The Morgan fingerprint density at radius 1 is 0.673 bits per heavy atom. The zero-order chi connectivity index (χ0) is 38.5. The molecule has 52 heavy (non-hydrogen) atoms. The fourth-order valence-corrected chi connectivity index (χ4v) is 6.20. The molecular formula is C39H66O12S. The van der Waals surface area contributed by atoms with Gasteiger partial charge >= 0.3 is 11.9 Å². The molecule has 0 radical (unpaired) electrons. The molecule has 1 aliphatic heterocycles. The molecule has 0 aromatic carbocycles. The molecule has 0 amide bonds. The predicted molar refractivity (Wildman–Crippen MR) is 201 cm³/mol. The van der Waals surface area contributed by atoms with Crippen molar-refractivity contribution in [1.82, 2.24) is 0 Å². The number of esters is 2. The van der Waals surface area contributed by atoms with E-state index in [-0.39, 0.29) is 19.4 Å². The highest BCUT2D eigenvalue weighted by atomic mass is 32.2. The number of unbranched alkanes of at least 4 members (excludes halogenated alkanes) is 13. The summed E-state index contributed by atoms with van der Waals surface area (Å²) in [7, 11) is -4.60. The average Bonchev–Trinajstić information content (AvgIpc) is 3.10. The van der Waals surface area contributed by atoms with Gasteiger partial charge in [-0.2, -0.15) is 8.42 Å². The first kappa shape index (κ1) is 47.6. The van der Waals surface area contributed by atoms with Crippen LogP contribution in [-0.4, -0.2) is 96.0 Å². The average molecular weight is 759 g/mol. The van der Waals surface area contributed by atoms with Gasteiger partial charge in [0, 0.05) is 12.8 Å². The summed E-state index contributed by atoms with van der Waals surface area (Å²) in [5.74, 6) is -2.02. The molecule has 1 saturated heterocycles. The number of aliphatic hydroxyl groups is 3. The lowest BCUT2D eigenvalue weighted by atomic mass is 10.00. The molecule has 0 spiro atoms. The molecule has 0 aromatic heterocycles. The Kier molecular flexibility index (Phi) is 27.5. The second kappa shape index (κ2) is 30.0. The molecule has 0 saturated carbocycles. The van der Waals surface area contributed by atoms with Gasteiger partial charge < -0.3 is 34.3 Å². The van der Waals surface area contributed by atoms with E-state index in [4.69, 9.17) is 18.9 Å². The van der Waals surface area contributed by atoms with Crippen LogP contribution in [0, 0.1) is 0 Å². The summed E-state index contributed by atoms with van der Waals surface area (Å²) in [5, 5.41) is 30.7. The Balaban J connectivity index is 2.53. The minimum absolute atomic E-state index is 0.158. The number of allylic oxidation sites excluding steroid dienone is 8. The maximum Gasteiger partial charge on any atom is 0.306 e. The third kappa shape index (κ3) is 24.8. The molecule has 0 aromatic rings. The first-order valence-corrected chi connectivity index (χ1v) is 20.9. The van der Waals surface area contributed by atoms with Gasteiger partial charge in [-0.3, -0.25) is 14.1 Å². The molecule has 1 rings (SSSR count). The molecule has 0 aliphatic carbocycles. The van der Waals surface area contributed by atoms with Crippen molar-refractivity contribution in [3.05, 3.63) is 48.6 Å². The standard InChI is InChI=1S/C39H66O12S/c1-3-5-7-9-11-13-14-15-16-17-18-20-21-23-25-27-34(40)48-29-32(50-35(41)28-26-24-22-19-12-10-8-6-4-2)30-49-39-38(44)37(43)36(42)33(51-39)31-52(45,46)47/h5,7,9,11,13-16,32-33,36-39,42-44H,3-4,6,8,10,12,17-31H2,1-2H3,(H,45,46,47)/b7-5+,11-9+,14-13+,16-15+/t32-,33-,36-,37?,38?,39+/m1/s1. The smallest absolute Gasteiger partial charge is 0.306 e. The van der Waals surface area contributed by atoms with E-state index >= 15 is 0 Å². The molecule has 1 aliphatic rings. The van der Waals surface area contributed by atoms with Crippen LogP contribution in [0.1, 0.15) is 129 Å². The molecule has 1 fully saturated rings. The number of hydrogen-bond donors (Lipinski definition) is 4. The van der Waals surface area contributed by atoms with E-state index < -0.39 is 71.2 Å². The number of aliphatic hydroxyl groups excluding tert-OH is 3. The highest BCUT2D eigenvalue weighted by Crippen LogP contribution is 2.24. The molecule has 2 unspecified atom stereocenters. The fourth-order valence-electron chi connectivity index (χ4n) is 5.51. The number of ether oxygens (including phenoxy) is 4. The van der Waals surface area contributed by atoms with Crippen LogP contribution in [0.15, 0.2) is 48.6 Å². The molecule has 4 N–H and O–H groups in total. The first-order chi connectivity index (χ1) is 25.0. The van der Waals surface area contributed by atoms with Crippen LogP contribution < -0.4 is 0 Å². The van der Waals surface area contributed by atoms with Crippen molar-refractivity contribution in [3.8, 4) is 0 Å². The first-order valence-electron chi connectivity index (χ1n) is 19.2. The Morgan fingerprint density at radius 3 is 1.81 bits per heavy atom. The maximum atomic E-state index is 12.7. The molecule has 6 atom stereocenters. The minimum Gasteiger partial charge on any atom is -0.462 e. The second-order valence-corrected chi connectivity index (χ2v) is 14.8. The van der Waals surface area contributed by atoms with Gasteiger partial charge in [0.2, 0.25) is 0 Å². The van der Waals surface area contributed by atoms with E-state index in [1.54, 1.807) is 0 Å². The third-order valence-electron chi connectivity index (χ3n) is 8.52. The van der Waals surface area contributed by atoms with Gasteiger partial charge in [-0.15, -0.1) is 0 Å². The Morgan fingerprint density at radius 2 is 1.21 bits per heavy atom. The van der Waals surface area contributed by atoms with Crippen molar-refractivity contribution in [2.45, 2.75) is 166 Å². The van der Waals surface area contributed by atoms with Crippen molar-refractivity contribution in [1.29, 1.82) is 0 Å². The van der Waals surface area contributed by atoms with Crippen LogP contribution in [-0.2, 0) is 38.7 Å². The van der Waals surface area contributed by atoms with Crippen LogP contribution in [0.3, 0.4) is 0 Å². The normalized spacial score (nSPS) is 21.8. The highest BCUT2D eigenvalue weighted by molar-refractivity contribution is 7.85. The van der Waals surface area contributed by atoms with Gasteiger partial charge in [0.05, 0.1) is 6.61 Å². The summed E-state index contributed by atoms with van der Waals surface area (Å²) in [6, 6.07) is 0. The number of rotatable bonds is 30. The van der Waals surface area contributed by atoms with Crippen molar-refractivity contribution in [3.63, 3.8) is 0 Å². The Hall–Kier alpha value is -2.39. The molecular weight excluding hydrogens is 692 g/mol. The number of hydrogen-bond acceptors (Lipinski definition) is 11. The summed E-state index contributed by atoms with van der Waals surface area (Å²) in [5.41, 5.74) is 0. The lowest BCUT2D eigenvalue weighted by Gasteiger charge is -2.40. The largest absolute Gasteiger partial charge is 0.462 e. The van der Waals surface area contributed by atoms with Crippen LogP contribution in [0.5, 0.6) is 0 Å². The van der Waals surface area contributed by atoms with Gasteiger partial charge in [0.1, 0.15) is 36.8 Å². The predicted octanol–water partition coefficient (Wildman–Crippen LogP) is 6.44. The van der Waals surface area contributed by atoms with Gasteiger partial charge in [-0.05, 0) is 32.1 Å². The van der Waals surface area contributed by atoms with E-state index in [9.17, 15) is 37.9 Å². The second-order valence-electron chi connectivity index (χ2n) is 13.3. The third-order valence-corrected chi connectivity index (χ3v) is 9.27. The summed E-state index contributed by atoms with van der Waals surface area (Å²) in [6.45, 7) is 3.54. The van der Waals surface area contributed by atoms with E-state index in [0.717, 1.165) is 57.8 Å². The van der Waals surface area contributed by atoms with Crippen LogP contribution >= 0.6 is 0 Å². The van der Waals surface area contributed by atoms with Gasteiger partial charge in [-0.25, -0.2) is 0 Å². The van der Waals surface area contributed by atoms with Gasteiger partial charge in [0.25, 0.3) is 10.1 Å². The van der Waals surface area contributed by atoms with Crippen LogP contribution in [0.25, 0.3) is 0 Å². The summed E-state index contributed by atoms with van der Waals surface area (Å²) >= 11 is 0. The van der Waals surface area contributed by atoms with Crippen molar-refractivity contribution in [2.24, 2.45) is 0 Å². The van der Waals surface area contributed by atoms with Crippen LogP contribution in [0.4, 0.5) is 0 Å². The SMILES string of the molecule is CC/C=C/C=C/C=C/C=C/CCCCCCCC(=O)OC[C@H](CO[C@H]1O[C@H](CS(=O)(=O)O)[C@@H](O)C(O)C1O)OC(=O)CCCCCCCCCCC. The Bertz CT molecular complexity index is 1170. The molecule has 13 heteroatoms. The lowest BCUT2D eigenvalue weighted by Crippen LogP contribution is -2.60. The van der Waals surface area contributed by atoms with E-state index in [1.165, 1.54) is 32.1 Å². The van der Waals surface area contributed by atoms with E-state index in [0.29, 0.717) is 12.8 Å². The molecule has 300 valence electrons. The topological polar surface area (TPSA) is 186 Å². The summed E-state index contributed by atoms with van der Waals surface area (Å²) in [4.78, 5) is 25.2. The zero-order valence-corrected chi connectivity index (χ0v) is 32.2. The van der Waals surface area contributed by atoms with Gasteiger partial charge in [-0.1, -0.05) is 133 Å². The fraction of sp³-hybridized carbons (Fsp3) is 0.744. The summed E-state index contributed by atoms with van der Waals surface area (Å²) < 4.78 is 53.7. The van der Waals surface area contributed by atoms with Crippen LogP contribution in [0.2, 0.25) is 0 Å². The lowest BCUT2D eigenvalue weighted by molar-refractivity contribution is -0.297. The quantitative estimate of drug-likeness (QED) is 0.0272. The van der Waals surface area contributed by atoms with Crippen molar-refractivity contribution >= 4 is 22.1 Å². The Labute approximate surface area is 312 Å². The molecule has 0 bridgehead atoms. The monoisotopic (exact) mass is 758 g/mol. The minimum atomic E-state index is -4.60. The molecule has 1 heterocycles. The van der Waals surface area contributed by atoms with Crippen molar-refractivity contribution < 1.29 is 56.8 Å².